The molecule has 248 valence electrons. The molecule has 0 bridgehead atoms. The van der Waals surface area contributed by atoms with Crippen molar-refractivity contribution < 1.29 is 4.42 Å². The van der Waals surface area contributed by atoms with Crippen molar-refractivity contribution in [1.29, 1.82) is 0 Å². The average molecular weight is 678 g/mol. The lowest BCUT2D eigenvalue weighted by Gasteiger charge is -2.11. The number of aromatic nitrogens is 3. The van der Waals surface area contributed by atoms with Crippen LogP contribution >= 0.6 is 0 Å². The SMILES string of the molecule is c1ccc(-c2cccc(-c3nc(-c4cccc(-c5ccccc5)c4)nc(-c4cccc5c4oc4c6ccccc6c(-c6ccccc6)cc54)n3)c2)cc1. The van der Waals surface area contributed by atoms with Crippen molar-refractivity contribution in [1.82, 2.24) is 15.0 Å². The van der Waals surface area contributed by atoms with Gasteiger partial charge >= 0.3 is 0 Å². The molecular weight excluding hydrogens is 647 g/mol. The van der Waals surface area contributed by atoms with Crippen molar-refractivity contribution in [2.45, 2.75) is 0 Å². The van der Waals surface area contributed by atoms with Gasteiger partial charge in [0.05, 0.1) is 5.56 Å². The van der Waals surface area contributed by atoms with Gasteiger partial charge in [0.25, 0.3) is 0 Å². The van der Waals surface area contributed by atoms with E-state index in [1.54, 1.807) is 0 Å². The van der Waals surface area contributed by atoms with Gasteiger partial charge < -0.3 is 4.42 Å². The molecule has 2 aromatic heterocycles. The molecule has 8 aromatic carbocycles. The first kappa shape index (κ1) is 30.6. The molecule has 53 heavy (non-hydrogen) atoms. The topological polar surface area (TPSA) is 51.8 Å². The van der Waals surface area contributed by atoms with Gasteiger partial charge in [-0.1, -0.05) is 164 Å². The van der Waals surface area contributed by atoms with Gasteiger partial charge in [-0.3, -0.25) is 0 Å². The van der Waals surface area contributed by atoms with E-state index in [-0.39, 0.29) is 0 Å². The van der Waals surface area contributed by atoms with Gasteiger partial charge in [0, 0.05) is 27.3 Å². The molecule has 10 rings (SSSR count). The van der Waals surface area contributed by atoms with Crippen LogP contribution in [0.15, 0.2) is 192 Å². The van der Waals surface area contributed by atoms with Crippen LogP contribution in [-0.4, -0.2) is 15.0 Å². The quantitative estimate of drug-likeness (QED) is 0.176. The highest BCUT2D eigenvalue weighted by atomic mass is 16.3. The Morgan fingerprint density at radius 1 is 0.264 bits per heavy atom. The molecular formula is C49H31N3O. The average Bonchev–Trinajstić information content (AvgIpc) is 3.63. The van der Waals surface area contributed by atoms with Crippen LogP contribution in [0.3, 0.4) is 0 Å². The van der Waals surface area contributed by atoms with E-state index in [0.717, 1.165) is 71.7 Å². The fraction of sp³-hybridized carbons (Fsp3) is 0. The molecule has 0 spiro atoms. The van der Waals surface area contributed by atoms with Gasteiger partial charge in [0.1, 0.15) is 11.2 Å². The number of hydrogen-bond acceptors (Lipinski definition) is 4. The standard InChI is InChI=1S/C49H31N3O/c1-4-15-32(16-5-1)35-21-12-23-37(29-35)47-50-48(38-24-13-22-36(30-38)33-17-6-2-7-18-33)52-49(51-47)42-28-14-27-41-44-31-43(34-19-8-3-9-20-34)39-25-10-11-26-40(39)46(44)53-45(41)42/h1-31H. The number of nitrogens with zero attached hydrogens (tertiary/aromatic N) is 3. The van der Waals surface area contributed by atoms with Crippen molar-refractivity contribution in [2.75, 3.05) is 0 Å². The van der Waals surface area contributed by atoms with Crippen LogP contribution in [0, 0.1) is 0 Å². The summed E-state index contributed by atoms with van der Waals surface area (Å²) in [5.41, 5.74) is 11.0. The van der Waals surface area contributed by atoms with E-state index in [9.17, 15) is 0 Å². The second kappa shape index (κ2) is 12.9. The Morgan fingerprint density at radius 2 is 0.698 bits per heavy atom. The highest BCUT2D eigenvalue weighted by Crippen LogP contribution is 2.42. The van der Waals surface area contributed by atoms with Crippen molar-refractivity contribution in [3.63, 3.8) is 0 Å². The van der Waals surface area contributed by atoms with E-state index < -0.39 is 0 Å². The monoisotopic (exact) mass is 677 g/mol. The van der Waals surface area contributed by atoms with Crippen LogP contribution in [0.4, 0.5) is 0 Å². The fourth-order valence-electron chi connectivity index (χ4n) is 7.34. The summed E-state index contributed by atoms with van der Waals surface area (Å²) in [6.45, 7) is 0. The molecule has 0 saturated carbocycles. The Bertz CT molecular complexity index is 2830. The van der Waals surface area contributed by atoms with Crippen LogP contribution in [0.2, 0.25) is 0 Å². The predicted octanol–water partition coefficient (Wildman–Crippen LogP) is 12.9. The summed E-state index contributed by atoms with van der Waals surface area (Å²) in [4.78, 5) is 15.5. The number of rotatable bonds is 6. The predicted molar refractivity (Wildman–Crippen MR) is 217 cm³/mol. The Kier molecular flexibility index (Phi) is 7.43. The smallest absolute Gasteiger partial charge is 0.167 e. The minimum atomic E-state index is 0.553. The zero-order valence-corrected chi connectivity index (χ0v) is 28.6. The lowest BCUT2D eigenvalue weighted by Crippen LogP contribution is -2.00. The van der Waals surface area contributed by atoms with Crippen LogP contribution < -0.4 is 0 Å². The molecule has 0 fully saturated rings. The molecule has 0 amide bonds. The van der Waals surface area contributed by atoms with Crippen molar-refractivity contribution in [3.8, 4) is 67.5 Å². The molecule has 4 nitrogen and oxygen atoms in total. The fourth-order valence-corrected chi connectivity index (χ4v) is 7.34. The second-order valence-electron chi connectivity index (χ2n) is 13.2. The number of furan rings is 1. The maximum absolute atomic E-state index is 6.89. The first-order chi connectivity index (χ1) is 26.3. The van der Waals surface area contributed by atoms with Crippen LogP contribution in [0.1, 0.15) is 0 Å². The van der Waals surface area contributed by atoms with Crippen LogP contribution in [0.25, 0.3) is 100 Å². The number of benzene rings is 8. The number of fused-ring (bicyclic) bond motifs is 5. The maximum Gasteiger partial charge on any atom is 0.167 e. The zero-order chi connectivity index (χ0) is 35.1. The molecule has 0 N–H and O–H groups in total. The minimum absolute atomic E-state index is 0.553. The molecule has 4 heteroatoms. The number of hydrogen-bond donors (Lipinski definition) is 0. The highest BCUT2D eigenvalue weighted by Gasteiger charge is 2.20. The third-order valence-corrected chi connectivity index (χ3v) is 9.92. The van der Waals surface area contributed by atoms with E-state index in [2.05, 4.69) is 176 Å². The summed E-state index contributed by atoms with van der Waals surface area (Å²) < 4.78 is 6.89. The second-order valence-corrected chi connectivity index (χ2v) is 13.2. The molecule has 2 heterocycles. The van der Waals surface area contributed by atoms with Crippen molar-refractivity contribution in [3.05, 3.63) is 188 Å². The van der Waals surface area contributed by atoms with Gasteiger partial charge in [-0.15, -0.1) is 0 Å². The molecule has 0 saturated heterocycles. The molecule has 0 aliphatic rings. The first-order valence-corrected chi connectivity index (χ1v) is 17.8. The third-order valence-electron chi connectivity index (χ3n) is 9.92. The lowest BCUT2D eigenvalue weighted by molar-refractivity contribution is 0.673. The van der Waals surface area contributed by atoms with Gasteiger partial charge in [0.15, 0.2) is 17.5 Å². The summed E-state index contributed by atoms with van der Waals surface area (Å²) in [5, 5.41) is 4.28. The van der Waals surface area contributed by atoms with Gasteiger partial charge in [-0.25, -0.2) is 15.0 Å². The van der Waals surface area contributed by atoms with Gasteiger partial charge in [0.2, 0.25) is 0 Å². The minimum Gasteiger partial charge on any atom is -0.455 e. The summed E-state index contributed by atoms with van der Waals surface area (Å²) >= 11 is 0. The molecule has 10 aromatic rings. The summed E-state index contributed by atoms with van der Waals surface area (Å²) in [7, 11) is 0. The summed E-state index contributed by atoms with van der Waals surface area (Å²) in [5.74, 6) is 1.74. The zero-order valence-electron chi connectivity index (χ0n) is 28.6. The maximum atomic E-state index is 6.89. The molecule has 0 atom stereocenters. The Balaban J connectivity index is 1.20. The normalized spacial score (nSPS) is 11.4. The lowest BCUT2D eigenvalue weighted by atomic mass is 9.95. The van der Waals surface area contributed by atoms with Crippen molar-refractivity contribution >= 4 is 32.7 Å². The van der Waals surface area contributed by atoms with E-state index in [0.29, 0.717) is 17.5 Å². The molecule has 0 aliphatic carbocycles. The Morgan fingerprint density at radius 3 is 1.30 bits per heavy atom. The Hall–Kier alpha value is -7.17. The van der Waals surface area contributed by atoms with Crippen molar-refractivity contribution in [2.24, 2.45) is 0 Å². The molecule has 0 radical (unpaired) electrons. The summed E-state index contributed by atoms with van der Waals surface area (Å²) in [6.07, 6.45) is 0. The summed E-state index contributed by atoms with van der Waals surface area (Å²) in [6, 6.07) is 65.1. The third kappa shape index (κ3) is 5.54. The number of para-hydroxylation sites is 1. The van der Waals surface area contributed by atoms with E-state index in [1.165, 1.54) is 11.1 Å². The molecule has 0 aliphatic heterocycles. The first-order valence-electron chi connectivity index (χ1n) is 17.8. The van der Waals surface area contributed by atoms with E-state index >= 15 is 0 Å². The van der Waals surface area contributed by atoms with E-state index in [1.807, 2.05) is 12.1 Å². The Labute approximate surface area is 306 Å². The highest BCUT2D eigenvalue weighted by molar-refractivity contribution is 6.20. The van der Waals surface area contributed by atoms with Gasteiger partial charge in [-0.05, 0) is 63.0 Å². The van der Waals surface area contributed by atoms with Crippen LogP contribution in [-0.2, 0) is 0 Å². The largest absolute Gasteiger partial charge is 0.455 e. The van der Waals surface area contributed by atoms with Crippen LogP contribution in [0.5, 0.6) is 0 Å². The molecule has 0 unspecified atom stereocenters. The van der Waals surface area contributed by atoms with E-state index in [4.69, 9.17) is 19.4 Å². The van der Waals surface area contributed by atoms with Gasteiger partial charge in [-0.2, -0.15) is 0 Å².